The van der Waals surface area contributed by atoms with Gasteiger partial charge in [0.1, 0.15) is 5.01 Å². The molecule has 0 spiro atoms. The van der Waals surface area contributed by atoms with E-state index in [0.717, 1.165) is 10.5 Å². The predicted molar refractivity (Wildman–Crippen MR) is 113 cm³/mol. The minimum absolute atomic E-state index is 1.07. The molecule has 0 bridgehead atoms. The zero-order valence-electron chi connectivity index (χ0n) is 15.6. The maximum atomic E-state index is 5.06. The molecule has 0 aliphatic heterocycles. The summed E-state index contributed by atoms with van der Waals surface area (Å²) in [7, 11) is 4.28. The highest BCUT2D eigenvalue weighted by molar-refractivity contribution is 7.21. The van der Waals surface area contributed by atoms with Crippen LogP contribution in [0.5, 0.6) is 0 Å². The van der Waals surface area contributed by atoms with Crippen LogP contribution in [0, 0.1) is 6.92 Å². The number of fused-ring (bicyclic) bond motifs is 2. The zero-order chi connectivity index (χ0) is 18.5. The summed E-state index contributed by atoms with van der Waals surface area (Å²) in [5.41, 5.74) is 7.17. The van der Waals surface area contributed by atoms with Crippen molar-refractivity contribution in [2.24, 2.45) is 14.1 Å². The van der Waals surface area contributed by atoms with Gasteiger partial charge < -0.3 is 0 Å². The van der Waals surface area contributed by atoms with Gasteiger partial charge in [-0.15, -0.1) is 11.3 Å². The number of nitrogens with zero attached hydrogens (tertiary/aromatic N) is 3. The number of imidazole rings is 1. The predicted octanol–water partition coefficient (Wildman–Crippen LogP) is 5.25. The first-order chi connectivity index (χ1) is 13.1. The molecule has 2 heterocycles. The average Bonchev–Trinajstić information content (AvgIpc) is 3.24. The van der Waals surface area contributed by atoms with Crippen LogP contribution in [0.1, 0.15) is 5.56 Å². The number of para-hydroxylation sites is 2. The van der Waals surface area contributed by atoms with Crippen molar-refractivity contribution in [3.63, 3.8) is 0 Å². The van der Waals surface area contributed by atoms with Crippen molar-refractivity contribution in [3.05, 3.63) is 72.3 Å². The van der Waals surface area contributed by atoms with E-state index in [1.807, 2.05) is 6.07 Å². The Morgan fingerprint density at radius 3 is 2.44 bits per heavy atom. The Bertz CT molecular complexity index is 1260. The summed E-state index contributed by atoms with van der Waals surface area (Å²) < 4.78 is 5.77. The number of benzene rings is 3. The van der Waals surface area contributed by atoms with E-state index >= 15 is 0 Å². The van der Waals surface area contributed by atoms with Gasteiger partial charge in [-0.2, -0.15) is 0 Å². The van der Waals surface area contributed by atoms with E-state index in [9.17, 15) is 0 Å². The van der Waals surface area contributed by atoms with Gasteiger partial charge in [0.05, 0.1) is 29.9 Å². The van der Waals surface area contributed by atoms with Crippen molar-refractivity contribution in [3.8, 4) is 22.0 Å². The Hall–Kier alpha value is -2.98. The molecule has 3 aromatic carbocycles. The second-order valence-electron chi connectivity index (χ2n) is 6.92. The number of rotatable bonds is 2. The third-order valence-electron chi connectivity index (χ3n) is 5.25. The van der Waals surface area contributed by atoms with Crippen molar-refractivity contribution in [1.82, 2.24) is 9.55 Å². The summed E-state index contributed by atoms with van der Waals surface area (Å²) in [6, 6.07) is 23.4. The highest BCUT2D eigenvalue weighted by atomic mass is 32.1. The highest BCUT2D eigenvalue weighted by Crippen LogP contribution is 2.37. The largest absolute Gasteiger partial charge is 0.291 e. The molecule has 132 valence electrons. The monoisotopic (exact) mass is 370 g/mol. The minimum atomic E-state index is 1.07. The molecular formula is C23H20N3S+. The van der Waals surface area contributed by atoms with Gasteiger partial charge in [-0.05, 0) is 30.7 Å². The lowest BCUT2D eigenvalue weighted by molar-refractivity contribution is -0.634. The lowest BCUT2D eigenvalue weighted by Crippen LogP contribution is -2.30. The molecule has 0 radical (unpaired) electrons. The molecule has 0 saturated carbocycles. The van der Waals surface area contributed by atoms with Gasteiger partial charge in [0.15, 0.2) is 11.0 Å². The standard InChI is InChI=1S/C23H20N3S/c1-15-13-14-19-21(24-22(27-19)16-9-5-4-6-10-16)20(15)23-25(2)17-11-7-8-12-18(17)26(23)3/h4-14H,1-3H3/q+1. The molecule has 0 aliphatic rings. The van der Waals surface area contributed by atoms with E-state index in [0.29, 0.717) is 0 Å². The second kappa shape index (κ2) is 6.03. The van der Waals surface area contributed by atoms with Gasteiger partial charge in [0.25, 0.3) is 5.82 Å². The SMILES string of the molecule is Cc1ccc2sc(-c3ccccc3)nc2c1-c1n(C)c2ccccc2[n+]1C. The van der Waals surface area contributed by atoms with Crippen molar-refractivity contribution in [1.29, 1.82) is 0 Å². The third kappa shape index (κ3) is 2.41. The fourth-order valence-electron chi connectivity index (χ4n) is 3.90. The van der Waals surface area contributed by atoms with Crippen LogP contribution in [0.15, 0.2) is 66.7 Å². The van der Waals surface area contributed by atoms with Gasteiger partial charge in [0.2, 0.25) is 0 Å². The maximum absolute atomic E-state index is 5.06. The fourth-order valence-corrected chi connectivity index (χ4v) is 4.88. The molecule has 0 fully saturated rings. The fraction of sp³-hybridized carbons (Fsp3) is 0.130. The van der Waals surface area contributed by atoms with Crippen LogP contribution in [0.3, 0.4) is 0 Å². The van der Waals surface area contributed by atoms with Gasteiger partial charge in [-0.25, -0.2) is 14.1 Å². The Labute approximate surface area is 162 Å². The zero-order valence-corrected chi connectivity index (χ0v) is 16.4. The molecule has 4 heteroatoms. The van der Waals surface area contributed by atoms with E-state index < -0.39 is 0 Å². The van der Waals surface area contributed by atoms with E-state index in [4.69, 9.17) is 4.98 Å². The molecule has 5 rings (SSSR count). The van der Waals surface area contributed by atoms with Crippen LogP contribution in [0.4, 0.5) is 0 Å². The molecule has 0 aliphatic carbocycles. The van der Waals surface area contributed by atoms with Crippen LogP contribution >= 0.6 is 11.3 Å². The van der Waals surface area contributed by atoms with Gasteiger partial charge in [0, 0.05) is 5.56 Å². The minimum Gasteiger partial charge on any atom is -0.235 e. The molecule has 0 atom stereocenters. The number of aromatic nitrogens is 3. The second-order valence-corrected chi connectivity index (χ2v) is 7.95. The first-order valence-electron chi connectivity index (χ1n) is 9.04. The molecular weight excluding hydrogens is 350 g/mol. The Balaban J connectivity index is 1.84. The summed E-state index contributed by atoms with van der Waals surface area (Å²) in [6.45, 7) is 2.17. The topological polar surface area (TPSA) is 21.7 Å². The molecule has 5 aromatic rings. The third-order valence-corrected chi connectivity index (χ3v) is 6.32. The Kier molecular flexibility index (Phi) is 3.62. The highest BCUT2D eigenvalue weighted by Gasteiger charge is 2.26. The van der Waals surface area contributed by atoms with Gasteiger partial charge in [-0.1, -0.05) is 48.5 Å². The summed E-state index contributed by atoms with van der Waals surface area (Å²) in [5.74, 6) is 1.18. The quantitative estimate of drug-likeness (QED) is 0.389. The number of thiazole rings is 1. The normalized spacial score (nSPS) is 11.5. The summed E-state index contributed by atoms with van der Waals surface area (Å²) >= 11 is 1.76. The smallest absolute Gasteiger partial charge is 0.235 e. The summed E-state index contributed by atoms with van der Waals surface area (Å²) in [4.78, 5) is 5.06. The lowest BCUT2D eigenvalue weighted by Gasteiger charge is -2.04. The van der Waals surface area contributed by atoms with E-state index in [1.54, 1.807) is 11.3 Å². The molecule has 27 heavy (non-hydrogen) atoms. The molecule has 2 aromatic heterocycles. The average molecular weight is 371 g/mol. The first kappa shape index (κ1) is 16.2. The summed E-state index contributed by atoms with van der Waals surface area (Å²) in [6.07, 6.45) is 0. The van der Waals surface area contributed by atoms with E-state index in [1.165, 1.54) is 38.2 Å². The molecule has 0 N–H and O–H groups in total. The van der Waals surface area contributed by atoms with Crippen LogP contribution < -0.4 is 4.57 Å². The van der Waals surface area contributed by atoms with Crippen LogP contribution in [-0.4, -0.2) is 9.55 Å². The maximum Gasteiger partial charge on any atom is 0.291 e. The molecule has 3 nitrogen and oxygen atoms in total. The number of aryl methyl sites for hydroxylation is 3. The van der Waals surface area contributed by atoms with Crippen molar-refractivity contribution in [2.75, 3.05) is 0 Å². The number of hydrogen-bond acceptors (Lipinski definition) is 2. The molecule has 0 unspecified atom stereocenters. The van der Waals surface area contributed by atoms with Gasteiger partial charge in [-0.3, -0.25) is 0 Å². The van der Waals surface area contributed by atoms with E-state index in [-0.39, 0.29) is 0 Å². The summed E-state index contributed by atoms with van der Waals surface area (Å²) in [5, 5.41) is 1.07. The first-order valence-corrected chi connectivity index (χ1v) is 9.86. The van der Waals surface area contributed by atoms with Crippen LogP contribution in [-0.2, 0) is 14.1 Å². The molecule has 0 saturated heterocycles. The number of hydrogen-bond donors (Lipinski definition) is 0. The Morgan fingerprint density at radius 2 is 1.67 bits per heavy atom. The van der Waals surface area contributed by atoms with Crippen molar-refractivity contribution in [2.45, 2.75) is 6.92 Å². The van der Waals surface area contributed by atoms with E-state index in [2.05, 4.69) is 90.8 Å². The van der Waals surface area contributed by atoms with Gasteiger partial charge >= 0.3 is 0 Å². The Morgan fingerprint density at radius 1 is 0.926 bits per heavy atom. The lowest BCUT2D eigenvalue weighted by atomic mass is 10.1. The molecule has 0 amide bonds. The van der Waals surface area contributed by atoms with Crippen molar-refractivity contribution < 1.29 is 4.57 Å². The van der Waals surface area contributed by atoms with Crippen LogP contribution in [0.2, 0.25) is 0 Å². The van der Waals surface area contributed by atoms with Crippen molar-refractivity contribution >= 4 is 32.6 Å². The van der Waals surface area contributed by atoms with Crippen LogP contribution in [0.25, 0.3) is 43.2 Å².